The van der Waals surface area contributed by atoms with Crippen molar-refractivity contribution in [2.45, 2.75) is 39.5 Å². The molecule has 0 spiro atoms. The van der Waals surface area contributed by atoms with Crippen molar-refractivity contribution in [3.05, 3.63) is 0 Å². The summed E-state index contributed by atoms with van der Waals surface area (Å²) in [5.41, 5.74) is -1.21. The molecule has 18 heavy (non-hydrogen) atoms. The first-order chi connectivity index (χ1) is 8.02. The van der Waals surface area contributed by atoms with E-state index in [4.69, 9.17) is 4.84 Å². The summed E-state index contributed by atoms with van der Waals surface area (Å²) < 4.78 is 0. The Hall–Kier alpha value is -0.850. The second-order valence-corrected chi connectivity index (χ2v) is 3.73. The molecule has 0 aromatic rings. The van der Waals surface area contributed by atoms with E-state index < -0.39 is 17.7 Å². The summed E-state index contributed by atoms with van der Waals surface area (Å²) in [7, 11) is 0. The van der Waals surface area contributed by atoms with E-state index in [1.54, 1.807) is 0 Å². The van der Waals surface area contributed by atoms with Crippen molar-refractivity contribution in [2.24, 2.45) is 11.1 Å². The number of carboxylic acid groups (broad SMARTS) is 2. The normalized spacial score (nSPS) is 11.0. The number of carbonyl (C=O) groups excluding carboxylic acids is 2. The van der Waals surface area contributed by atoms with Crippen LogP contribution >= 0.6 is 0 Å². The van der Waals surface area contributed by atoms with Gasteiger partial charge in [-0.25, -0.2) is 0 Å². The molecule has 0 aromatic heterocycles. The fraction of sp³-hybridized carbons (Fsp3) is 0.727. The summed E-state index contributed by atoms with van der Waals surface area (Å²) >= 11 is 0. The summed E-state index contributed by atoms with van der Waals surface area (Å²) in [6.07, 6.45) is 3.90. The number of nitrogens with zero attached hydrogens (tertiary/aromatic N) is 1. The first kappa shape index (κ1) is 19.5. The molecule has 0 bridgehead atoms. The first-order valence-corrected chi connectivity index (χ1v) is 5.65. The molecule has 7 heteroatoms. The van der Waals surface area contributed by atoms with Gasteiger partial charge in [0, 0.05) is 22.4 Å². The number of aliphatic carboxylic acids is 2. The predicted molar refractivity (Wildman–Crippen MR) is 56.7 cm³/mol. The van der Waals surface area contributed by atoms with Gasteiger partial charge in [0.1, 0.15) is 12.3 Å². The minimum atomic E-state index is -1.91. The average Bonchev–Trinajstić information content (AvgIpc) is 2.27. The van der Waals surface area contributed by atoms with Crippen LogP contribution in [0.3, 0.4) is 0 Å². The molecule has 0 rings (SSSR count). The fourth-order valence-electron chi connectivity index (χ4n) is 1.26. The molecule has 0 fully saturated rings. The van der Waals surface area contributed by atoms with Crippen LogP contribution in [0.2, 0.25) is 0 Å². The number of oxime groups is 1. The third kappa shape index (κ3) is 8.27. The standard InChI is InChI=1S/C11H19NO5.Ag/c1-3-5-6-8(4-2)7-17-12-9(10(13)14)11(15)16;/h8H,3-7H2,1-2H3,(H,13,14)(H,15,16);/p-2. The third-order valence-electron chi connectivity index (χ3n) is 2.40. The number of rotatable bonds is 9. The molecule has 0 saturated heterocycles. The smallest absolute Gasteiger partial charge is 0.148 e. The van der Waals surface area contributed by atoms with Crippen LogP contribution in [-0.4, -0.2) is 24.3 Å². The maximum absolute atomic E-state index is 10.3. The third-order valence-corrected chi connectivity index (χ3v) is 2.40. The van der Waals surface area contributed by atoms with Gasteiger partial charge in [0.25, 0.3) is 0 Å². The summed E-state index contributed by atoms with van der Waals surface area (Å²) in [5, 5.41) is 23.6. The van der Waals surface area contributed by atoms with Gasteiger partial charge in [-0.3, -0.25) is 0 Å². The van der Waals surface area contributed by atoms with E-state index in [0.717, 1.165) is 25.7 Å². The number of hydrogen-bond acceptors (Lipinski definition) is 6. The van der Waals surface area contributed by atoms with Gasteiger partial charge in [0.05, 0.1) is 11.9 Å². The summed E-state index contributed by atoms with van der Waals surface area (Å²) in [5.74, 6) is -3.58. The van der Waals surface area contributed by atoms with Crippen molar-refractivity contribution in [2.75, 3.05) is 6.61 Å². The minimum Gasteiger partial charge on any atom is -0.543 e. The molecule has 0 aliphatic heterocycles. The second-order valence-electron chi connectivity index (χ2n) is 3.73. The van der Waals surface area contributed by atoms with Crippen molar-refractivity contribution < 1.29 is 47.0 Å². The molecule has 109 valence electrons. The Labute approximate surface area is 122 Å². The fourth-order valence-corrected chi connectivity index (χ4v) is 1.26. The van der Waals surface area contributed by atoms with Crippen molar-refractivity contribution >= 4 is 17.7 Å². The van der Waals surface area contributed by atoms with Gasteiger partial charge in [0.2, 0.25) is 0 Å². The molecular weight excluding hydrogens is 334 g/mol. The van der Waals surface area contributed by atoms with Crippen LogP contribution in [0, 0.1) is 5.92 Å². The van der Waals surface area contributed by atoms with Crippen LogP contribution in [0.1, 0.15) is 39.5 Å². The van der Waals surface area contributed by atoms with Crippen LogP contribution in [0.4, 0.5) is 0 Å². The van der Waals surface area contributed by atoms with Gasteiger partial charge in [-0.15, -0.1) is 0 Å². The molecule has 1 radical (unpaired) electrons. The van der Waals surface area contributed by atoms with Crippen molar-refractivity contribution in [3.63, 3.8) is 0 Å². The van der Waals surface area contributed by atoms with E-state index in [9.17, 15) is 19.8 Å². The van der Waals surface area contributed by atoms with Gasteiger partial charge in [-0.2, -0.15) is 0 Å². The molecule has 0 aliphatic rings. The minimum absolute atomic E-state index is 0. The van der Waals surface area contributed by atoms with Gasteiger partial charge in [-0.05, 0) is 18.8 Å². The average molecular weight is 351 g/mol. The number of carbonyl (C=O) groups is 2. The number of hydrogen-bond donors (Lipinski definition) is 0. The molecule has 0 heterocycles. The first-order valence-electron chi connectivity index (χ1n) is 5.65. The van der Waals surface area contributed by atoms with Gasteiger partial charge in [0.15, 0.2) is 0 Å². The van der Waals surface area contributed by atoms with E-state index in [-0.39, 0.29) is 34.9 Å². The Bertz CT molecular complexity index is 277. The topological polar surface area (TPSA) is 102 Å². The van der Waals surface area contributed by atoms with Crippen LogP contribution in [0.5, 0.6) is 0 Å². The molecule has 0 aromatic carbocycles. The summed E-state index contributed by atoms with van der Waals surface area (Å²) in [6.45, 7) is 4.24. The monoisotopic (exact) mass is 350 g/mol. The van der Waals surface area contributed by atoms with E-state index >= 15 is 0 Å². The van der Waals surface area contributed by atoms with Crippen LogP contribution < -0.4 is 10.2 Å². The molecule has 1 unspecified atom stereocenters. The number of unbranched alkanes of at least 4 members (excludes halogenated alkanes) is 1. The Morgan fingerprint density at radius 1 is 1.22 bits per heavy atom. The molecule has 0 saturated carbocycles. The maximum Gasteiger partial charge on any atom is 0.148 e. The molecule has 6 nitrogen and oxygen atoms in total. The van der Waals surface area contributed by atoms with Crippen molar-refractivity contribution in [3.8, 4) is 0 Å². The zero-order chi connectivity index (χ0) is 13.3. The van der Waals surface area contributed by atoms with Gasteiger partial charge >= 0.3 is 0 Å². The number of carboxylic acids is 2. The van der Waals surface area contributed by atoms with Crippen LogP contribution in [0.15, 0.2) is 5.16 Å². The maximum atomic E-state index is 10.3. The Morgan fingerprint density at radius 2 is 1.78 bits per heavy atom. The van der Waals surface area contributed by atoms with E-state index in [1.807, 2.05) is 6.92 Å². The Balaban J connectivity index is 0. The summed E-state index contributed by atoms with van der Waals surface area (Å²) in [4.78, 5) is 25.3. The van der Waals surface area contributed by atoms with E-state index in [0.29, 0.717) is 0 Å². The SMILES string of the molecule is CCCCC(CC)CON=C(C(=O)[O-])C(=O)[O-].[Ag]. The predicted octanol–water partition coefficient (Wildman–Crippen LogP) is -0.927. The molecule has 0 aliphatic carbocycles. The van der Waals surface area contributed by atoms with Gasteiger partial charge < -0.3 is 24.6 Å². The zero-order valence-electron chi connectivity index (χ0n) is 10.4. The van der Waals surface area contributed by atoms with Crippen LogP contribution in [0.25, 0.3) is 0 Å². The molecule has 1 atom stereocenters. The van der Waals surface area contributed by atoms with E-state index in [1.165, 1.54) is 0 Å². The quantitative estimate of drug-likeness (QED) is 0.231. The molecule has 0 amide bonds. The van der Waals surface area contributed by atoms with Crippen LogP contribution in [-0.2, 0) is 36.8 Å². The second kappa shape index (κ2) is 11.3. The Kier molecular flexibility index (Phi) is 12.2. The molecule has 0 N–H and O–H groups in total. The largest absolute Gasteiger partial charge is 0.543 e. The molecular formula is C11H17AgNO5-2. The van der Waals surface area contributed by atoms with E-state index in [2.05, 4.69) is 12.1 Å². The summed E-state index contributed by atoms with van der Waals surface area (Å²) in [6, 6.07) is 0. The van der Waals surface area contributed by atoms with Crippen molar-refractivity contribution in [1.29, 1.82) is 0 Å². The van der Waals surface area contributed by atoms with Crippen molar-refractivity contribution in [1.82, 2.24) is 0 Å². The Morgan fingerprint density at radius 3 is 2.17 bits per heavy atom. The van der Waals surface area contributed by atoms with Gasteiger partial charge in [-0.1, -0.05) is 31.8 Å². The zero-order valence-corrected chi connectivity index (χ0v) is 11.9.